The number of carbonyl (C=O) groups is 1. The van der Waals surface area contributed by atoms with Gasteiger partial charge in [-0.25, -0.2) is 9.67 Å². The monoisotopic (exact) mass is 396 g/mol. The molecule has 0 fully saturated rings. The Bertz CT molecular complexity index is 1170. The summed E-state index contributed by atoms with van der Waals surface area (Å²) in [5.41, 5.74) is 2.57. The zero-order valence-corrected chi connectivity index (χ0v) is 15.8. The number of rotatable bonds is 3. The standard InChI is InChI=1S/C20H14Cl2N4O/c1-12-15(20(27)24-14-7-8-16(21)17(22)10-14)11-23-26(12)19-9-6-13-4-2-3-5-18(13)25-19/h2-11H,1H3,(H,24,27). The Morgan fingerprint density at radius 3 is 2.67 bits per heavy atom. The van der Waals surface area contributed by atoms with Gasteiger partial charge in [0.2, 0.25) is 0 Å². The van der Waals surface area contributed by atoms with Gasteiger partial charge in [0.25, 0.3) is 5.91 Å². The maximum atomic E-state index is 12.6. The Hall–Kier alpha value is -2.89. The normalized spacial score (nSPS) is 10.9. The number of carbonyl (C=O) groups excluding carboxylic acids is 1. The van der Waals surface area contributed by atoms with E-state index >= 15 is 0 Å². The van der Waals surface area contributed by atoms with Gasteiger partial charge in [0.15, 0.2) is 5.82 Å². The molecule has 5 nitrogen and oxygen atoms in total. The summed E-state index contributed by atoms with van der Waals surface area (Å²) in [6.45, 7) is 1.83. The zero-order chi connectivity index (χ0) is 19.0. The lowest BCUT2D eigenvalue weighted by molar-refractivity contribution is 0.102. The lowest BCUT2D eigenvalue weighted by atomic mass is 10.2. The van der Waals surface area contributed by atoms with Crippen molar-refractivity contribution in [3.8, 4) is 5.82 Å². The van der Waals surface area contributed by atoms with Crippen LogP contribution in [0.5, 0.6) is 0 Å². The molecule has 0 aliphatic carbocycles. The highest BCUT2D eigenvalue weighted by atomic mass is 35.5. The molecule has 1 N–H and O–H groups in total. The molecule has 0 unspecified atom stereocenters. The van der Waals surface area contributed by atoms with Gasteiger partial charge in [-0.05, 0) is 43.3 Å². The molecule has 0 spiro atoms. The van der Waals surface area contributed by atoms with E-state index in [0.717, 1.165) is 10.9 Å². The second kappa shape index (κ2) is 7.02. The van der Waals surface area contributed by atoms with Gasteiger partial charge in [-0.3, -0.25) is 4.79 Å². The third-order valence-corrected chi connectivity index (χ3v) is 4.97. The average Bonchev–Trinajstić information content (AvgIpc) is 3.06. The summed E-state index contributed by atoms with van der Waals surface area (Å²) >= 11 is 11.9. The van der Waals surface area contributed by atoms with E-state index < -0.39 is 0 Å². The molecule has 0 radical (unpaired) electrons. The minimum absolute atomic E-state index is 0.280. The highest BCUT2D eigenvalue weighted by molar-refractivity contribution is 6.42. The van der Waals surface area contributed by atoms with E-state index in [1.807, 2.05) is 43.3 Å². The minimum Gasteiger partial charge on any atom is -0.322 e. The second-order valence-corrected chi connectivity index (χ2v) is 6.82. The van der Waals surface area contributed by atoms with Crippen molar-refractivity contribution in [2.75, 3.05) is 5.32 Å². The van der Waals surface area contributed by atoms with Crippen LogP contribution in [-0.2, 0) is 0 Å². The first-order valence-electron chi connectivity index (χ1n) is 8.20. The Morgan fingerprint density at radius 1 is 1.04 bits per heavy atom. The fraction of sp³-hybridized carbons (Fsp3) is 0.0500. The maximum Gasteiger partial charge on any atom is 0.259 e. The number of pyridine rings is 1. The van der Waals surface area contributed by atoms with Crippen molar-refractivity contribution >= 4 is 45.7 Å². The summed E-state index contributed by atoms with van der Waals surface area (Å²) in [6.07, 6.45) is 1.53. The quantitative estimate of drug-likeness (QED) is 0.511. The molecule has 0 saturated carbocycles. The summed E-state index contributed by atoms with van der Waals surface area (Å²) in [5, 5.41) is 8.99. The second-order valence-electron chi connectivity index (χ2n) is 6.00. The van der Waals surface area contributed by atoms with E-state index in [9.17, 15) is 4.79 Å². The molecule has 2 aromatic carbocycles. The molecule has 2 aromatic heterocycles. The molecule has 0 atom stereocenters. The van der Waals surface area contributed by atoms with Gasteiger partial charge in [-0.1, -0.05) is 41.4 Å². The Labute approximate surface area is 165 Å². The van der Waals surface area contributed by atoms with E-state index in [4.69, 9.17) is 23.2 Å². The molecule has 4 aromatic rings. The number of aromatic nitrogens is 3. The third kappa shape index (κ3) is 3.39. The van der Waals surface area contributed by atoms with Crippen LogP contribution < -0.4 is 5.32 Å². The van der Waals surface area contributed by atoms with Gasteiger partial charge in [0, 0.05) is 11.1 Å². The summed E-state index contributed by atoms with van der Waals surface area (Å²) in [4.78, 5) is 17.2. The highest BCUT2D eigenvalue weighted by Crippen LogP contribution is 2.25. The fourth-order valence-electron chi connectivity index (χ4n) is 2.81. The number of halogens is 2. The minimum atomic E-state index is -0.280. The van der Waals surface area contributed by atoms with Gasteiger partial charge in [-0.15, -0.1) is 0 Å². The first-order valence-corrected chi connectivity index (χ1v) is 8.96. The zero-order valence-electron chi connectivity index (χ0n) is 14.3. The van der Waals surface area contributed by atoms with E-state index in [2.05, 4.69) is 15.4 Å². The third-order valence-electron chi connectivity index (χ3n) is 4.23. The van der Waals surface area contributed by atoms with Crippen LogP contribution in [0.3, 0.4) is 0 Å². The SMILES string of the molecule is Cc1c(C(=O)Nc2ccc(Cl)c(Cl)c2)cnn1-c1ccc2ccccc2n1. The average molecular weight is 397 g/mol. The first-order chi connectivity index (χ1) is 13.0. The molecule has 27 heavy (non-hydrogen) atoms. The number of hydrogen-bond donors (Lipinski definition) is 1. The van der Waals surface area contributed by atoms with Crippen LogP contribution in [0.2, 0.25) is 10.0 Å². The topological polar surface area (TPSA) is 59.8 Å². The number of benzene rings is 2. The van der Waals surface area contributed by atoms with E-state index in [1.165, 1.54) is 6.20 Å². The smallest absolute Gasteiger partial charge is 0.259 e. The lowest BCUT2D eigenvalue weighted by Gasteiger charge is -2.08. The van der Waals surface area contributed by atoms with E-state index in [1.54, 1.807) is 22.9 Å². The Morgan fingerprint density at radius 2 is 1.85 bits per heavy atom. The van der Waals surface area contributed by atoms with E-state index in [-0.39, 0.29) is 5.91 Å². The van der Waals surface area contributed by atoms with Crippen LogP contribution in [0.4, 0.5) is 5.69 Å². The van der Waals surface area contributed by atoms with Crippen molar-refractivity contribution in [3.05, 3.63) is 82.1 Å². The number of fused-ring (bicyclic) bond motifs is 1. The summed E-state index contributed by atoms with van der Waals surface area (Å²) in [5.74, 6) is 0.373. The van der Waals surface area contributed by atoms with E-state index in [0.29, 0.717) is 32.8 Å². The van der Waals surface area contributed by atoms with Crippen molar-refractivity contribution in [1.29, 1.82) is 0 Å². The van der Waals surface area contributed by atoms with Gasteiger partial charge in [0.1, 0.15) is 0 Å². The van der Waals surface area contributed by atoms with Crippen LogP contribution in [0.1, 0.15) is 16.1 Å². The van der Waals surface area contributed by atoms with Crippen molar-refractivity contribution < 1.29 is 4.79 Å². The Kier molecular flexibility index (Phi) is 4.56. The molecule has 134 valence electrons. The molecule has 4 rings (SSSR count). The highest BCUT2D eigenvalue weighted by Gasteiger charge is 2.16. The molecule has 1 amide bonds. The largest absolute Gasteiger partial charge is 0.322 e. The van der Waals surface area contributed by atoms with Crippen LogP contribution >= 0.6 is 23.2 Å². The number of nitrogens with zero attached hydrogens (tertiary/aromatic N) is 3. The number of para-hydroxylation sites is 1. The summed E-state index contributed by atoms with van der Waals surface area (Å²) in [7, 11) is 0. The first kappa shape index (κ1) is 17.5. The summed E-state index contributed by atoms with van der Waals surface area (Å²) in [6, 6.07) is 16.6. The number of nitrogens with one attached hydrogen (secondary N) is 1. The van der Waals surface area contributed by atoms with Gasteiger partial charge < -0.3 is 5.32 Å². The molecular weight excluding hydrogens is 383 g/mol. The van der Waals surface area contributed by atoms with Crippen LogP contribution in [0, 0.1) is 6.92 Å². The molecule has 0 aliphatic heterocycles. The molecule has 7 heteroatoms. The molecule has 0 aliphatic rings. The van der Waals surface area contributed by atoms with Crippen LogP contribution in [-0.4, -0.2) is 20.7 Å². The number of hydrogen-bond acceptors (Lipinski definition) is 3. The molecular formula is C20H14Cl2N4O. The molecule has 0 saturated heterocycles. The molecule has 0 bridgehead atoms. The Balaban J connectivity index is 1.64. The number of anilines is 1. The maximum absolute atomic E-state index is 12.6. The molecule has 2 heterocycles. The van der Waals surface area contributed by atoms with Crippen molar-refractivity contribution in [2.45, 2.75) is 6.92 Å². The number of amides is 1. The van der Waals surface area contributed by atoms with Crippen molar-refractivity contribution in [2.24, 2.45) is 0 Å². The van der Waals surface area contributed by atoms with Crippen LogP contribution in [0.25, 0.3) is 16.7 Å². The van der Waals surface area contributed by atoms with Gasteiger partial charge >= 0.3 is 0 Å². The predicted molar refractivity (Wildman–Crippen MR) is 108 cm³/mol. The lowest BCUT2D eigenvalue weighted by Crippen LogP contribution is -2.13. The van der Waals surface area contributed by atoms with Crippen molar-refractivity contribution in [3.63, 3.8) is 0 Å². The summed E-state index contributed by atoms with van der Waals surface area (Å²) < 4.78 is 1.65. The van der Waals surface area contributed by atoms with Gasteiger partial charge in [-0.2, -0.15) is 5.10 Å². The predicted octanol–water partition coefficient (Wildman–Crippen LogP) is 5.29. The van der Waals surface area contributed by atoms with Crippen molar-refractivity contribution in [1.82, 2.24) is 14.8 Å². The fourth-order valence-corrected chi connectivity index (χ4v) is 3.11. The van der Waals surface area contributed by atoms with Gasteiger partial charge in [0.05, 0.1) is 33.0 Å². The van der Waals surface area contributed by atoms with Crippen LogP contribution in [0.15, 0.2) is 60.8 Å².